The molecular formula is C28H36BNO3Si. The lowest BCUT2D eigenvalue weighted by Crippen LogP contribution is -2.66. The molecule has 0 N–H and O–H groups in total. The number of hydrogen-bond acceptors (Lipinski definition) is 4. The molecule has 1 fully saturated rings. The number of rotatable bonds is 6. The molecule has 4 rings (SSSR count). The molecule has 178 valence electrons. The van der Waals surface area contributed by atoms with Gasteiger partial charge in [0.15, 0.2) is 0 Å². The van der Waals surface area contributed by atoms with Gasteiger partial charge in [0.25, 0.3) is 8.32 Å². The summed E-state index contributed by atoms with van der Waals surface area (Å²) in [5, 5.41) is 2.46. The molecule has 0 unspecified atom stereocenters. The molecule has 0 radical (unpaired) electrons. The summed E-state index contributed by atoms with van der Waals surface area (Å²) < 4.78 is 19.4. The van der Waals surface area contributed by atoms with E-state index in [1.54, 1.807) is 0 Å². The Morgan fingerprint density at radius 3 is 1.71 bits per heavy atom. The third-order valence-corrected chi connectivity index (χ3v) is 12.2. The van der Waals surface area contributed by atoms with Gasteiger partial charge in [-0.15, -0.1) is 0 Å². The Hall–Kier alpha value is -2.25. The lowest BCUT2D eigenvalue weighted by Gasteiger charge is -2.43. The first kappa shape index (κ1) is 24.9. The van der Waals surface area contributed by atoms with E-state index in [2.05, 4.69) is 109 Å². The fourth-order valence-electron chi connectivity index (χ4n) is 4.58. The van der Waals surface area contributed by atoms with Crippen molar-refractivity contribution in [2.45, 2.75) is 71.3 Å². The zero-order chi connectivity index (χ0) is 24.6. The molecule has 0 amide bonds. The maximum atomic E-state index is 7.00. The minimum absolute atomic E-state index is 0.0711. The molecule has 1 aliphatic rings. The average molecular weight is 473 g/mol. The largest absolute Gasteiger partial charge is 0.496 e. The second kappa shape index (κ2) is 9.08. The molecular weight excluding hydrogens is 437 g/mol. The highest BCUT2D eigenvalue weighted by Gasteiger charge is 2.52. The highest BCUT2D eigenvalue weighted by molar-refractivity contribution is 6.99. The third-order valence-electron chi connectivity index (χ3n) is 7.23. The maximum absolute atomic E-state index is 7.00. The molecule has 6 heteroatoms. The van der Waals surface area contributed by atoms with Gasteiger partial charge in [0, 0.05) is 11.7 Å². The summed E-state index contributed by atoms with van der Waals surface area (Å²) >= 11 is 0. The van der Waals surface area contributed by atoms with E-state index in [1.165, 1.54) is 10.4 Å². The summed E-state index contributed by atoms with van der Waals surface area (Å²) in [6.45, 7) is 15.5. The van der Waals surface area contributed by atoms with Crippen molar-refractivity contribution in [2.75, 3.05) is 0 Å². The Kier molecular flexibility index (Phi) is 6.64. The van der Waals surface area contributed by atoms with Gasteiger partial charge in [-0.25, -0.2) is 0 Å². The summed E-state index contributed by atoms with van der Waals surface area (Å²) in [6, 6.07) is 25.4. The van der Waals surface area contributed by atoms with Gasteiger partial charge in [0.1, 0.15) is 0 Å². The first-order chi connectivity index (χ1) is 16.0. The van der Waals surface area contributed by atoms with Crippen LogP contribution in [0.15, 0.2) is 79.0 Å². The number of nitrogens with zero attached hydrogens (tertiary/aromatic N) is 1. The fraction of sp³-hybridized carbons (Fsp3) is 0.393. The van der Waals surface area contributed by atoms with Crippen LogP contribution in [-0.4, -0.2) is 31.6 Å². The monoisotopic (exact) mass is 473 g/mol. The SMILES string of the molecule is CC1(C)OB(c2ccc(CO[Si](c3ccccc3)(c3ccccc3)C(C)(C)C)nc2)OC1(C)C. The number of hydrogen-bond donors (Lipinski definition) is 0. The Balaban J connectivity index is 1.62. The first-order valence-electron chi connectivity index (χ1n) is 12.0. The molecule has 4 nitrogen and oxygen atoms in total. The van der Waals surface area contributed by atoms with Gasteiger partial charge in [0.2, 0.25) is 0 Å². The number of pyridine rings is 1. The van der Waals surface area contributed by atoms with Crippen LogP contribution in [-0.2, 0) is 20.3 Å². The van der Waals surface area contributed by atoms with Crippen LogP contribution in [0.25, 0.3) is 0 Å². The fourth-order valence-corrected chi connectivity index (χ4v) is 9.10. The van der Waals surface area contributed by atoms with Crippen molar-refractivity contribution in [3.8, 4) is 0 Å². The van der Waals surface area contributed by atoms with Gasteiger partial charge < -0.3 is 13.7 Å². The van der Waals surface area contributed by atoms with Crippen LogP contribution in [0.5, 0.6) is 0 Å². The summed E-state index contributed by atoms with van der Waals surface area (Å²) in [5.74, 6) is 0. The first-order valence-corrected chi connectivity index (χ1v) is 13.9. The Morgan fingerprint density at radius 2 is 1.29 bits per heavy atom. The zero-order valence-electron chi connectivity index (χ0n) is 21.5. The molecule has 0 spiro atoms. The van der Waals surface area contributed by atoms with Crippen LogP contribution >= 0.6 is 0 Å². The third kappa shape index (κ3) is 4.52. The van der Waals surface area contributed by atoms with Crippen LogP contribution in [0, 0.1) is 0 Å². The van der Waals surface area contributed by atoms with Gasteiger partial charge in [-0.3, -0.25) is 4.98 Å². The van der Waals surface area contributed by atoms with Crippen molar-refractivity contribution in [1.82, 2.24) is 4.98 Å². The molecule has 2 aromatic carbocycles. The molecule has 0 atom stereocenters. The van der Waals surface area contributed by atoms with Crippen molar-refractivity contribution in [2.24, 2.45) is 0 Å². The summed E-state index contributed by atoms with van der Waals surface area (Å²) in [4.78, 5) is 4.73. The van der Waals surface area contributed by atoms with Crippen molar-refractivity contribution < 1.29 is 13.7 Å². The summed E-state index contributed by atoms with van der Waals surface area (Å²) in [6.07, 6.45) is 1.85. The lowest BCUT2D eigenvalue weighted by atomic mass is 9.80. The van der Waals surface area contributed by atoms with E-state index in [0.717, 1.165) is 11.2 Å². The van der Waals surface area contributed by atoms with Crippen molar-refractivity contribution >= 4 is 31.3 Å². The Labute approximate surface area is 206 Å². The van der Waals surface area contributed by atoms with Gasteiger partial charge in [-0.05, 0) is 49.2 Å². The highest BCUT2D eigenvalue weighted by atomic mass is 28.4. The molecule has 1 aromatic heterocycles. The van der Waals surface area contributed by atoms with Crippen LogP contribution in [0.1, 0.15) is 54.2 Å². The maximum Gasteiger partial charge on any atom is 0.496 e. The van der Waals surface area contributed by atoms with Crippen molar-refractivity contribution in [3.05, 3.63) is 84.7 Å². The molecule has 34 heavy (non-hydrogen) atoms. The molecule has 2 heterocycles. The highest BCUT2D eigenvalue weighted by Crippen LogP contribution is 2.38. The Bertz CT molecular complexity index is 1040. The standard InChI is InChI=1S/C28H36BNO3Si/c1-26(2,3)34(24-14-10-8-11-15-24,25-16-12-9-13-17-25)31-21-23-19-18-22(20-30-23)29-32-27(4,5)28(6,7)33-29/h8-20H,21H2,1-7H3. The minimum atomic E-state index is -2.60. The van der Waals surface area contributed by atoms with Crippen LogP contribution in [0.4, 0.5) is 0 Å². The second-order valence-corrected chi connectivity index (χ2v) is 15.4. The van der Waals surface area contributed by atoms with Gasteiger partial charge in [-0.2, -0.15) is 0 Å². The van der Waals surface area contributed by atoms with Crippen LogP contribution in [0.3, 0.4) is 0 Å². The topological polar surface area (TPSA) is 40.6 Å². The average Bonchev–Trinajstić information content (AvgIpc) is 3.02. The van der Waals surface area contributed by atoms with Crippen molar-refractivity contribution in [3.63, 3.8) is 0 Å². The number of aromatic nitrogens is 1. The van der Waals surface area contributed by atoms with Gasteiger partial charge in [0.05, 0.1) is 23.5 Å². The van der Waals surface area contributed by atoms with E-state index in [9.17, 15) is 0 Å². The van der Waals surface area contributed by atoms with E-state index in [0.29, 0.717) is 6.61 Å². The minimum Gasteiger partial charge on any atom is -0.402 e. The summed E-state index contributed by atoms with van der Waals surface area (Å²) in [7, 11) is -3.01. The zero-order valence-corrected chi connectivity index (χ0v) is 22.5. The van der Waals surface area contributed by atoms with E-state index in [4.69, 9.17) is 18.7 Å². The van der Waals surface area contributed by atoms with Crippen molar-refractivity contribution in [1.29, 1.82) is 0 Å². The Morgan fingerprint density at radius 1 is 0.794 bits per heavy atom. The lowest BCUT2D eigenvalue weighted by molar-refractivity contribution is 0.00578. The predicted molar refractivity (Wildman–Crippen MR) is 142 cm³/mol. The van der Waals surface area contributed by atoms with Crippen LogP contribution in [0.2, 0.25) is 5.04 Å². The molecule has 0 aliphatic carbocycles. The smallest absolute Gasteiger partial charge is 0.402 e. The van der Waals surface area contributed by atoms with E-state index in [-0.39, 0.29) is 16.2 Å². The van der Waals surface area contributed by atoms with Gasteiger partial charge >= 0.3 is 7.12 Å². The normalized spacial score (nSPS) is 17.7. The van der Waals surface area contributed by atoms with Gasteiger partial charge in [-0.1, -0.05) is 87.5 Å². The second-order valence-electron chi connectivity index (χ2n) is 11.1. The molecule has 3 aromatic rings. The van der Waals surface area contributed by atoms with E-state index >= 15 is 0 Å². The number of benzene rings is 2. The quantitative estimate of drug-likeness (QED) is 0.496. The molecule has 1 saturated heterocycles. The molecule has 1 aliphatic heterocycles. The van der Waals surface area contributed by atoms with E-state index < -0.39 is 15.4 Å². The molecule has 0 bridgehead atoms. The summed E-state index contributed by atoms with van der Waals surface area (Å²) in [5.41, 5.74) is 1.08. The van der Waals surface area contributed by atoms with Crippen LogP contribution < -0.4 is 15.8 Å². The molecule has 0 saturated carbocycles. The predicted octanol–water partition coefficient (Wildman–Crippen LogP) is 4.46. The van der Waals surface area contributed by atoms with E-state index in [1.807, 2.05) is 18.3 Å².